The van der Waals surface area contributed by atoms with E-state index in [-0.39, 0.29) is 0 Å². The molecule has 0 bridgehead atoms. The van der Waals surface area contributed by atoms with Crippen LogP contribution in [-0.4, -0.2) is 21.5 Å². The first kappa shape index (κ1) is 9.92. The Kier molecular flexibility index (Phi) is 2.55. The van der Waals surface area contributed by atoms with Crippen LogP contribution >= 0.6 is 0 Å². The summed E-state index contributed by atoms with van der Waals surface area (Å²) in [7, 11) is 1.90. The number of hydrogen-bond donors (Lipinski definition) is 1. The lowest BCUT2D eigenvalue weighted by molar-refractivity contribution is 0.430. The maximum Gasteiger partial charge on any atom is 0.190 e. The Balaban J connectivity index is 2.40. The Morgan fingerprint density at radius 1 is 1.53 bits per heavy atom. The van der Waals surface area contributed by atoms with Gasteiger partial charge in [0.25, 0.3) is 0 Å². The van der Waals surface area contributed by atoms with Crippen LogP contribution in [0.15, 0.2) is 16.8 Å². The van der Waals surface area contributed by atoms with Gasteiger partial charge in [0.15, 0.2) is 5.76 Å². The maximum absolute atomic E-state index is 5.51. The third kappa shape index (κ3) is 1.78. The first-order chi connectivity index (χ1) is 7.22. The molecule has 0 aliphatic heterocycles. The minimum atomic E-state index is 0.583. The second-order valence-corrected chi connectivity index (χ2v) is 3.51. The van der Waals surface area contributed by atoms with Crippen LogP contribution in [0.25, 0.3) is 11.5 Å². The van der Waals surface area contributed by atoms with Gasteiger partial charge in [-0.2, -0.15) is 5.10 Å². The van der Waals surface area contributed by atoms with E-state index in [2.05, 4.69) is 10.3 Å². The van der Waals surface area contributed by atoms with Crippen molar-refractivity contribution in [3.05, 3.63) is 23.5 Å². The number of nitrogens with two attached hydrogens (primary N) is 1. The van der Waals surface area contributed by atoms with Gasteiger partial charge in [-0.15, -0.1) is 0 Å². The van der Waals surface area contributed by atoms with Gasteiger partial charge in [-0.05, 0) is 26.0 Å². The van der Waals surface area contributed by atoms with Crippen molar-refractivity contribution in [1.29, 1.82) is 0 Å². The average Bonchev–Trinajstić information content (AvgIpc) is 2.76. The fourth-order valence-corrected chi connectivity index (χ4v) is 1.48. The fraction of sp³-hybridized carbons (Fsp3) is 0.400. The van der Waals surface area contributed by atoms with Crippen molar-refractivity contribution in [3.8, 4) is 11.5 Å². The number of aromatic nitrogens is 3. The van der Waals surface area contributed by atoms with Crippen molar-refractivity contribution in [2.45, 2.75) is 13.3 Å². The molecule has 2 aromatic heterocycles. The summed E-state index contributed by atoms with van der Waals surface area (Å²) in [6.45, 7) is 2.58. The van der Waals surface area contributed by atoms with E-state index in [0.717, 1.165) is 29.1 Å². The van der Waals surface area contributed by atoms with E-state index < -0.39 is 0 Å². The molecule has 0 fully saturated rings. The molecule has 0 saturated carbocycles. The van der Waals surface area contributed by atoms with Crippen molar-refractivity contribution >= 4 is 0 Å². The Bertz CT molecular complexity index is 438. The van der Waals surface area contributed by atoms with Crippen molar-refractivity contribution in [2.24, 2.45) is 12.8 Å². The second-order valence-electron chi connectivity index (χ2n) is 3.51. The van der Waals surface area contributed by atoms with Crippen LogP contribution in [0.4, 0.5) is 0 Å². The van der Waals surface area contributed by atoms with Gasteiger partial charge in [0.05, 0.1) is 6.20 Å². The van der Waals surface area contributed by atoms with E-state index in [4.69, 9.17) is 10.3 Å². The second kappa shape index (κ2) is 3.86. The molecule has 0 unspecified atom stereocenters. The molecule has 2 heterocycles. The lowest BCUT2D eigenvalue weighted by Crippen LogP contribution is -2.02. The first-order valence-corrected chi connectivity index (χ1v) is 4.87. The third-order valence-corrected chi connectivity index (χ3v) is 2.40. The zero-order chi connectivity index (χ0) is 10.8. The van der Waals surface area contributed by atoms with Gasteiger partial charge >= 0.3 is 0 Å². The highest BCUT2D eigenvalue weighted by Crippen LogP contribution is 2.22. The number of nitrogens with zero attached hydrogens (tertiary/aromatic N) is 3. The highest BCUT2D eigenvalue weighted by atomic mass is 16.5. The maximum atomic E-state index is 5.51. The van der Waals surface area contributed by atoms with E-state index in [1.165, 1.54) is 0 Å². The minimum absolute atomic E-state index is 0.583. The molecule has 0 spiro atoms. The lowest BCUT2D eigenvalue weighted by atomic mass is 10.1. The van der Waals surface area contributed by atoms with Crippen LogP contribution in [0.2, 0.25) is 0 Å². The van der Waals surface area contributed by atoms with E-state index >= 15 is 0 Å². The molecular formula is C10H14N4O. The predicted molar refractivity (Wildman–Crippen MR) is 56.2 cm³/mol. The molecule has 80 valence electrons. The smallest absolute Gasteiger partial charge is 0.190 e. The van der Waals surface area contributed by atoms with E-state index in [9.17, 15) is 0 Å². The van der Waals surface area contributed by atoms with Crippen molar-refractivity contribution in [1.82, 2.24) is 14.9 Å². The van der Waals surface area contributed by atoms with Gasteiger partial charge < -0.3 is 10.3 Å². The quantitative estimate of drug-likeness (QED) is 0.809. The van der Waals surface area contributed by atoms with Crippen molar-refractivity contribution in [2.75, 3.05) is 6.54 Å². The van der Waals surface area contributed by atoms with Gasteiger partial charge in [-0.25, -0.2) is 0 Å². The highest BCUT2D eigenvalue weighted by Gasteiger charge is 2.13. The molecule has 0 radical (unpaired) electrons. The predicted octanol–water partition coefficient (Wildman–Crippen LogP) is 0.885. The molecule has 0 aliphatic rings. The molecule has 0 aromatic carbocycles. The van der Waals surface area contributed by atoms with Gasteiger partial charge in [0.2, 0.25) is 0 Å². The highest BCUT2D eigenvalue weighted by molar-refractivity contribution is 5.56. The van der Waals surface area contributed by atoms with Crippen molar-refractivity contribution in [3.63, 3.8) is 0 Å². The molecule has 0 saturated heterocycles. The van der Waals surface area contributed by atoms with E-state index in [1.807, 2.05) is 24.7 Å². The molecule has 5 nitrogen and oxygen atoms in total. The van der Waals surface area contributed by atoms with Crippen LogP contribution in [0, 0.1) is 6.92 Å². The Hall–Kier alpha value is -1.62. The SMILES string of the molecule is Cc1cc(-c2oncc2CCN)nn1C. The van der Waals surface area contributed by atoms with Gasteiger partial charge in [0.1, 0.15) is 5.69 Å². The minimum Gasteiger partial charge on any atom is -0.354 e. The molecule has 15 heavy (non-hydrogen) atoms. The van der Waals surface area contributed by atoms with Gasteiger partial charge in [0, 0.05) is 18.3 Å². The summed E-state index contributed by atoms with van der Waals surface area (Å²) in [5.41, 5.74) is 8.42. The van der Waals surface area contributed by atoms with Crippen LogP contribution in [0.1, 0.15) is 11.3 Å². The zero-order valence-corrected chi connectivity index (χ0v) is 8.90. The molecule has 0 amide bonds. The Morgan fingerprint density at radius 3 is 2.93 bits per heavy atom. The molecule has 2 aromatic rings. The van der Waals surface area contributed by atoms with Crippen molar-refractivity contribution < 1.29 is 4.52 Å². The molecule has 0 atom stereocenters. The van der Waals surface area contributed by atoms with E-state index in [0.29, 0.717) is 6.54 Å². The topological polar surface area (TPSA) is 69.9 Å². The molecule has 2 N–H and O–H groups in total. The summed E-state index contributed by atoms with van der Waals surface area (Å²) in [4.78, 5) is 0. The standard InChI is InChI=1S/C10H14N4O/c1-7-5-9(13-14(7)2)10-8(3-4-11)6-12-15-10/h5-6H,3-4,11H2,1-2H3. The first-order valence-electron chi connectivity index (χ1n) is 4.87. The molecule has 0 aliphatic carbocycles. The molecular weight excluding hydrogens is 192 g/mol. The largest absolute Gasteiger partial charge is 0.354 e. The van der Waals surface area contributed by atoms with Crippen LogP contribution in [0.5, 0.6) is 0 Å². The number of rotatable bonds is 3. The third-order valence-electron chi connectivity index (χ3n) is 2.40. The van der Waals surface area contributed by atoms with E-state index in [1.54, 1.807) is 6.20 Å². The molecule has 5 heteroatoms. The van der Waals surface area contributed by atoms with Gasteiger partial charge in [-0.3, -0.25) is 4.68 Å². The zero-order valence-electron chi connectivity index (χ0n) is 8.90. The lowest BCUT2D eigenvalue weighted by Gasteiger charge is -1.94. The summed E-state index contributed by atoms with van der Waals surface area (Å²) >= 11 is 0. The normalized spacial score (nSPS) is 10.9. The number of hydrogen-bond acceptors (Lipinski definition) is 4. The summed E-state index contributed by atoms with van der Waals surface area (Å²) in [6, 6.07) is 1.97. The Morgan fingerprint density at radius 2 is 2.33 bits per heavy atom. The summed E-state index contributed by atoms with van der Waals surface area (Å²) in [5.74, 6) is 0.726. The van der Waals surface area contributed by atoms with Crippen LogP contribution < -0.4 is 5.73 Å². The average molecular weight is 206 g/mol. The summed E-state index contributed by atoms with van der Waals surface area (Å²) in [5, 5.41) is 8.11. The van der Waals surface area contributed by atoms with Gasteiger partial charge in [-0.1, -0.05) is 5.16 Å². The molecule has 2 rings (SSSR count). The summed E-state index contributed by atoms with van der Waals surface area (Å²) < 4.78 is 7.00. The fourth-order valence-electron chi connectivity index (χ4n) is 1.48. The van der Waals surface area contributed by atoms with Crippen LogP contribution in [-0.2, 0) is 13.5 Å². The Labute approximate surface area is 87.9 Å². The number of aryl methyl sites for hydroxylation is 2. The van der Waals surface area contributed by atoms with Crippen LogP contribution in [0.3, 0.4) is 0 Å². The monoisotopic (exact) mass is 206 g/mol. The summed E-state index contributed by atoms with van der Waals surface area (Å²) in [6.07, 6.45) is 2.46.